The van der Waals surface area contributed by atoms with Gasteiger partial charge in [-0.3, -0.25) is 14.9 Å². The SMILES string of the molecule is CC(C)(CC(=O)NC12CC3CC(CC(C3)C1)C2)NS(=O)(=O)c1ccc([N+](=O)[O-])cc1. The molecule has 9 heteroatoms. The van der Waals surface area contributed by atoms with Crippen molar-refractivity contribution >= 4 is 21.6 Å². The predicted molar refractivity (Wildman–Crippen MR) is 111 cm³/mol. The second-order valence-corrected chi connectivity index (χ2v) is 11.8. The third kappa shape index (κ3) is 4.37. The molecule has 4 saturated carbocycles. The fourth-order valence-corrected chi connectivity index (χ4v) is 7.62. The minimum atomic E-state index is -3.91. The van der Waals surface area contributed by atoms with Crippen LogP contribution in [0.3, 0.4) is 0 Å². The quantitative estimate of drug-likeness (QED) is 0.504. The summed E-state index contributed by atoms with van der Waals surface area (Å²) in [7, 11) is -3.91. The van der Waals surface area contributed by atoms with Crippen LogP contribution in [0.2, 0.25) is 0 Å². The normalized spacial score (nSPS) is 30.3. The molecule has 8 nitrogen and oxygen atoms in total. The van der Waals surface area contributed by atoms with E-state index >= 15 is 0 Å². The van der Waals surface area contributed by atoms with Crippen LogP contribution < -0.4 is 10.0 Å². The van der Waals surface area contributed by atoms with Gasteiger partial charge >= 0.3 is 0 Å². The zero-order chi connectivity index (χ0) is 21.7. The average molecular weight is 436 g/mol. The van der Waals surface area contributed by atoms with Gasteiger partial charge in [0.25, 0.3) is 5.69 Å². The smallest absolute Gasteiger partial charge is 0.269 e. The molecule has 4 fully saturated rings. The number of benzene rings is 1. The fraction of sp³-hybridized carbons (Fsp3) is 0.667. The number of rotatable bonds is 7. The maximum atomic E-state index is 12.9. The number of nitro benzene ring substituents is 1. The molecule has 4 aliphatic carbocycles. The van der Waals surface area contributed by atoms with Gasteiger partial charge in [0, 0.05) is 29.6 Å². The van der Waals surface area contributed by atoms with Crippen molar-refractivity contribution in [2.24, 2.45) is 17.8 Å². The second kappa shape index (κ2) is 7.30. The lowest BCUT2D eigenvalue weighted by Gasteiger charge is -2.57. The van der Waals surface area contributed by atoms with Crippen LogP contribution in [-0.2, 0) is 14.8 Å². The molecule has 0 unspecified atom stereocenters. The number of carbonyl (C=O) groups excluding carboxylic acids is 1. The fourth-order valence-electron chi connectivity index (χ4n) is 6.21. The van der Waals surface area contributed by atoms with Crippen LogP contribution in [0, 0.1) is 27.9 Å². The molecule has 1 aromatic carbocycles. The topological polar surface area (TPSA) is 118 Å². The first-order chi connectivity index (χ1) is 14.0. The zero-order valence-electron chi connectivity index (χ0n) is 17.4. The Morgan fingerprint density at radius 1 is 1.10 bits per heavy atom. The molecule has 0 spiro atoms. The zero-order valence-corrected chi connectivity index (χ0v) is 18.2. The van der Waals surface area contributed by atoms with Crippen LogP contribution in [0.1, 0.15) is 58.8 Å². The van der Waals surface area contributed by atoms with Crippen LogP contribution in [0.4, 0.5) is 5.69 Å². The Labute approximate surface area is 177 Å². The molecule has 4 aliphatic rings. The van der Waals surface area contributed by atoms with Crippen LogP contribution in [0.5, 0.6) is 0 Å². The number of non-ortho nitro benzene ring substituents is 1. The van der Waals surface area contributed by atoms with E-state index in [2.05, 4.69) is 10.0 Å². The lowest BCUT2D eigenvalue weighted by atomic mass is 9.53. The monoisotopic (exact) mass is 435 g/mol. The molecule has 4 bridgehead atoms. The number of sulfonamides is 1. The van der Waals surface area contributed by atoms with Gasteiger partial charge in [-0.1, -0.05) is 0 Å². The molecule has 1 amide bonds. The Morgan fingerprint density at radius 2 is 1.60 bits per heavy atom. The lowest BCUT2D eigenvalue weighted by Crippen LogP contribution is -2.60. The lowest BCUT2D eigenvalue weighted by molar-refractivity contribution is -0.384. The summed E-state index contributed by atoms with van der Waals surface area (Å²) in [5, 5.41) is 14.0. The molecular weight excluding hydrogens is 406 g/mol. The Balaban J connectivity index is 1.40. The second-order valence-electron chi connectivity index (χ2n) is 10.2. The predicted octanol–water partition coefficient (Wildman–Crippen LogP) is 3.13. The Kier molecular flexibility index (Phi) is 5.17. The molecule has 0 saturated heterocycles. The third-order valence-corrected chi connectivity index (χ3v) is 8.53. The van der Waals surface area contributed by atoms with Crippen molar-refractivity contribution in [2.45, 2.75) is 74.8 Å². The maximum absolute atomic E-state index is 12.9. The van der Waals surface area contributed by atoms with Crippen LogP contribution in [0.15, 0.2) is 29.2 Å². The number of hydrogen-bond acceptors (Lipinski definition) is 5. The van der Waals surface area contributed by atoms with Gasteiger partial charge in [0.2, 0.25) is 15.9 Å². The summed E-state index contributed by atoms with van der Waals surface area (Å²) in [6, 6.07) is 4.71. The standard InChI is InChI=1S/C21H29N3O5S/c1-20(2,23-30(28,29)18-5-3-17(4-6-18)24(26)27)13-19(25)22-21-10-14-7-15(11-21)9-16(8-14)12-21/h3-6,14-16,23H,7-13H2,1-2H3,(H,22,25). The van der Waals surface area contributed by atoms with Crippen molar-refractivity contribution in [2.75, 3.05) is 0 Å². The number of amides is 1. The van der Waals surface area contributed by atoms with E-state index < -0.39 is 20.5 Å². The third-order valence-electron chi connectivity index (χ3n) is 6.81. The molecule has 0 atom stereocenters. The first-order valence-corrected chi connectivity index (χ1v) is 12.0. The van der Waals surface area contributed by atoms with Gasteiger partial charge in [-0.05, 0) is 82.3 Å². The summed E-state index contributed by atoms with van der Waals surface area (Å²) in [4.78, 5) is 23.0. The van der Waals surface area contributed by atoms with Crippen LogP contribution >= 0.6 is 0 Å². The first kappa shape index (κ1) is 21.2. The summed E-state index contributed by atoms with van der Waals surface area (Å²) in [5.74, 6) is 2.01. The number of carbonyl (C=O) groups is 1. The molecule has 0 aromatic heterocycles. The largest absolute Gasteiger partial charge is 0.351 e. The average Bonchev–Trinajstić information content (AvgIpc) is 2.58. The minimum Gasteiger partial charge on any atom is -0.351 e. The Bertz CT molecular complexity index is 920. The van der Waals surface area contributed by atoms with Crippen molar-refractivity contribution in [1.29, 1.82) is 0 Å². The summed E-state index contributed by atoms with van der Waals surface area (Å²) in [5.41, 5.74) is -1.28. The van der Waals surface area contributed by atoms with E-state index in [1.54, 1.807) is 13.8 Å². The van der Waals surface area contributed by atoms with Gasteiger partial charge in [-0.25, -0.2) is 13.1 Å². The van der Waals surface area contributed by atoms with E-state index in [0.717, 1.165) is 31.4 Å². The molecule has 30 heavy (non-hydrogen) atoms. The van der Waals surface area contributed by atoms with E-state index in [1.165, 1.54) is 31.4 Å². The van der Waals surface area contributed by atoms with Crippen molar-refractivity contribution in [3.05, 3.63) is 34.4 Å². The minimum absolute atomic E-state index is 0.0287. The molecular formula is C21H29N3O5S. The molecule has 164 valence electrons. The van der Waals surface area contributed by atoms with E-state index in [1.807, 2.05) is 0 Å². The van der Waals surface area contributed by atoms with E-state index in [0.29, 0.717) is 17.8 Å². The number of hydrogen-bond donors (Lipinski definition) is 2. The van der Waals surface area contributed by atoms with Gasteiger partial charge in [-0.15, -0.1) is 0 Å². The van der Waals surface area contributed by atoms with Crippen LogP contribution in [-0.4, -0.2) is 30.3 Å². The van der Waals surface area contributed by atoms with Crippen molar-refractivity contribution in [1.82, 2.24) is 10.0 Å². The van der Waals surface area contributed by atoms with Gasteiger partial charge in [-0.2, -0.15) is 0 Å². The van der Waals surface area contributed by atoms with Gasteiger partial charge < -0.3 is 5.32 Å². The summed E-state index contributed by atoms with van der Waals surface area (Å²) in [6.07, 6.45) is 7.01. The van der Waals surface area contributed by atoms with Crippen molar-refractivity contribution in [3.8, 4) is 0 Å². The van der Waals surface area contributed by atoms with Gasteiger partial charge in [0.05, 0.1) is 9.82 Å². The van der Waals surface area contributed by atoms with Crippen LogP contribution in [0.25, 0.3) is 0 Å². The number of nitrogens with zero attached hydrogens (tertiary/aromatic N) is 1. The van der Waals surface area contributed by atoms with E-state index in [-0.39, 0.29) is 28.4 Å². The maximum Gasteiger partial charge on any atom is 0.269 e. The van der Waals surface area contributed by atoms with Crippen molar-refractivity contribution in [3.63, 3.8) is 0 Å². The van der Waals surface area contributed by atoms with Gasteiger partial charge in [0.15, 0.2) is 0 Å². The highest BCUT2D eigenvalue weighted by Gasteiger charge is 2.51. The number of nitrogens with one attached hydrogen (secondary N) is 2. The van der Waals surface area contributed by atoms with Gasteiger partial charge in [0.1, 0.15) is 0 Å². The van der Waals surface area contributed by atoms with E-state index in [9.17, 15) is 23.3 Å². The molecule has 0 heterocycles. The Morgan fingerprint density at radius 3 is 2.07 bits per heavy atom. The highest BCUT2D eigenvalue weighted by Crippen LogP contribution is 2.55. The summed E-state index contributed by atoms with van der Waals surface area (Å²) >= 11 is 0. The Hall–Kier alpha value is -2.00. The molecule has 1 aromatic rings. The highest BCUT2D eigenvalue weighted by atomic mass is 32.2. The number of nitro groups is 1. The van der Waals surface area contributed by atoms with E-state index in [4.69, 9.17) is 0 Å². The summed E-state index contributed by atoms with van der Waals surface area (Å²) in [6.45, 7) is 3.35. The molecule has 2 N–H and O–H groups in total. The van der Waals surface area contributed by atoms with Crippen molar-refractivity contribution < 1.29 is 18.1 Å². The summed E-state index contributed by atoms with van der Waals surface area (Å²) < 4.78 is 28.0. The highest BCUT2D eigenvalue weighted by molar-refractivity contribution is 7.89. The molecule has 0 aliphatic heterocycles. The first-order valence-electron chi connectivity index (χ1n) is 10.5. The molecule has 0 radical (unpaired) electrons. The molecule has 5 rings (SSSR count).